The predicted molar refractivity (Wildman–Crippen MR) is 44.6 cm³/mol. The van der Waals surface area contributed by atoms with Gasteiger partial charge in [0, 0.05) is 0 Å². The van der Waals surface area contributed by atoms with E-state index in [4.69, 9.17) is 5.53 Å². The van der Waals surface area contributed by atoms with Crippen molar-refractivity contribution >= 4 is 5.69 Å². The van der Waals surface area contributed by atoms with Gasteiger partial charge in [-0.15, -0.1) is 11.7 Å². The molecule has 0 amide bonds. The fraction of sp³-hybridized carbons (Fsp3) is 0.111. The van der Waals surface area contributed by atoms with E-state index < -0.39 is 0 Å². The maximum atomic E-state index is 8.54. The Morgan fingerprint density at radius 2 is 2.18 bits per heavy atom. The highest BCUT2D eigenvalue weighted by Gasteiger charge is 1.96. The number of allylic oxidation sites excluding steroid dienone is 1. The van der Waals surface area contributed by atoms with Gasteiger partial charge in [-0.3, -0.25) is 0 Å². The van der Waals surface area contributed by atoms with Crippen LogP contribution in [0.3, 0.4) is 0 Å². The van der Waals surface area contributed by atoms with Crippen LogP contribution in [0.25, 0.3) is 0 Å². The SMILES string of the molecule is C=CCc1ccccc1N=[N]. The fourth-order valence-corrected chi connectivity index (χ4v) is 0.936. The van der Waals surface area contributed by atoms with Crippen molar-refractivity contribution in [3.05, 3.63) is 42.5 Å². The van der Waals surface area contributed by atoms with Crippen LogP contribution in [-0.4, -0.2) is 0 Å². The van der Waals surface area contributed by atoms with Crippen LogP contribution in [0.15, 0.2) is 42.0 Å². The van der Waals surface area contributed by atoms with Gasteiger partial charge in [0.25, 0.3) is 0 Å². The van der Waals surface area contributed by atoms with Gasteiger partial charge in [0.05, 0.1) is 5.69 Å². The van der Waals surface area contributed by atoms with E-state index in [1.54, 1.807) is 12.1 Å². The first kappa shape index (κ1) is 7.66. The first-order valence-corrected chi connectivity index (χ1v) is 3.42. The first-order valence-electron chi connectivity index (χ1n) is 3.42. The van der Waals surface area contributed by atoms with Crippen molar-refractivity contribution in [1.29, 1.82) is 0 Å². The van der Waals surface area contributed by atoms with E-state index in [2.05, 4.69) is 11.7 Å². The molecular weight excluding hydrogens is 136 g/mol. The van der Waals surface area contributed by atoms with Gasteiger partial charge < -0.3 is 0 Å². The maximum absolute atomic E-state index is 8.54. The quantitative estimate of drug-likeness (QED) is 0.462. The van der Waals surface area contributed by atoms with E-state index in [-0.39, 0.29) is 0 Å². The zero-order valence-electron chi connectivity index (χ0n) is 6.20. The Hall–Kier alpha value is -1.44. The van der Waals surface area contributed by atoms with Gasteiger partial charge in [-0.2, -0.15) is 0 Å². The van der Waals surface area contributed by atoms with Crippen LogP contribution < -0.4 is 5.53 Å². The van der Waals surface area contributed by atoms with Crippen molar-refractivity contribution in [2.24, 2.45) is 5.11 Å². The van der Waals surface area contributed by atoms with Gasteiger partial charge >= 0.3 is 0 Å². The molecule has 0 saturated carbocycles. The Morgan fingerprint density at radius 1 is 1.45 bits per heavy atom. The molecule has 0 aliphatic rings. The summed E-state index contributed by atoms with van der Waals surface area (Å²) in [6.45, 7) is 3.61. The summed E-state index contributed by atoms with van der Waals surface area (Å²) in [6, 6.07) is 7.42. The molecule has 0 spiro atoms. The van der Waals surface area contributed by atoms with Crippen LogP contribution in [0.1, 0.15) is 5.56 Å². The third-order valence-corrected chi connectivity index (χ3v) is 1.46. The second kappa shape index (κ2) is 3.66. The summed E-state index contributed by atoms with van der Waals surface area (Å²) in [5, 5.41) is 3.14. The molecule has 0 saturated heterocycles. The summed E-state index contributed by atoms with van der Waals surface area (Å²) in [5.41, 5.74) is 10.1. The Bertz CT molecular complexity index is 266. The number of benzene rings is 1. The molecule has 0 fully saturated rings. The molecule has 1 aromatic carbocycles. The van der Waals surface area contributed by atoms with Crippen molar-refractivity contribution in [3.8, 4) is 0 Å². The maximum Gasteiger partial charge on any atom is 0.0910 e. The minimum absolute atomic E-state index is 0.618. The lowest BCUT2D eigenvalue weighted by Gasteiger charge is -1.97. The average Bonchev–Trinajstić information content (AvgIpc) is 2.06. The molecule has 2 nitrogen and oxygen atoms in total. The van der Waals surface area contributed by atoms with E-state index in [0.717, 1.165) is 12.0 Å². The van der Waals surface area contributed by atoms with Crippen molar-refractivity contribution in [3.63, 3.8) is 0 Å². The molecule has 0 aliphatic carbocycles. The van der Waals surface area contributed by atoms with Crippen LogP contribution >= 0.6 is 0 Å². The summed E-state index contributed by atoms with van der Waals surface area (Å²) >= 11 is 0. The van der Waals surface area contributed by atoms with Crippen LogP contribution in [-0.2, 0) is 6.42 Å². The van der Waals surface area contributed by atoms with Crippen LogP contribution in [0.4, 0.5) is 5.69 Å². The molecule has 0 aromatic heterocycles. The summed E-state index contributed by atoms with van der Waals surface area (Å²) in [6.07, 6.45) is 2.52. The lowest BCUT2D eigenvalue weighted by atomic mass is 10.1. The molecule has 0 N–H and O–H groups in total. The van der Waals surface area contributed by atoms with Crippen molar-refractivity contribution in [1.82, 2.24) is 5.53 Å². The summed E-state index contributed by atoms with van der Waals surface area (Å²) in [4.78, 5) is 0. The fourth-order valence-electron chi connectivity index (χ4n) is 0.936. The van der Waals surface area contributed by atoms with E-state index in [1.807, 2.05) is 18.2 Å². The highest BCUT2D eigenvalue weighted by Crippen LogP contribution is 2.17. The standard InChI is InChI=1S/C9H9N2/c1-2-5-8-6-3-4-7-9(8)11-10/h2-4,6-7H,1,5H2. The second-order valence-corrected chi connectivity index (χ2v) is 2.22. The molecule has 55 valence electrons. The van der Waals surface area contributed by atoms with Gasteiger partial charge in [0.2, 0.25) is 0 Å². The monoisotopic (exact) mass is 145 g/mol. The van der Waals surface area contributed by atoms with Gasteiger partial charge in [-0.25, -0.2) is 0 Å². The predicted octanol–water partition coefficient (Wildman–Crippen LogP) is 2.30. The molecule has 0 atom stereocenters. The third kappa shape index (κ3) is 1.74. The Morgan fingerprint density at radius 3 is 2.82 bits per heavy atom. The highest BCUT2D eigenvalue weighted by molar-refractivity contribution is 5.45. The normalized spacial score (nSPS) is 9.09. The number of hydrogen-bond donors (Lipinski definition) is 0. The first-order chi connectivity index (χ1) is 5.38. The average molecular weight is 145 g/mol. The smallest absolute Gasteiger partial charge is 0.0910 e. The van der Waals surface area contributed by atoms with Gasteiger partial charge in [-0.05, 0) is 23.6 Å². The zero-order chi connectivity index (χ0) is 8.10. The molecule has 0 bridgehead atoms. The molecule has 1 rings (SSSR count). The lowest BCUT2D eigenvalue weighted by Crippen LogP contribution is -1.79. The molecule has 1 aromatic rings. The van der Waals surface area contributed by atoms with Gasteiger partial charge in [0.1, 0.15) is 0 Å². The minimum atomic E-state index is 0.618. The summed E-state index contributed by atoms with van der Waals surface area (Å²) in [7, 11) is 0. The number of hydrogen-bond acceptors (Lipinski definition) is 1. The highest BCUT2D eigenvalue weighted by atomic mass is 15.0. The summed E-state index contributed by atoms with van der Waals surface area (Å²) < 4.78 is 0. The van der Waals surface area contributed by atoms with Crippen LogP contribution in [0, 0.1) is 0 Å². The van der Waals surface area contributed by atoms with Crippen molar-refractivity contribution < 1.29 is 0 Å². The van der Waals surface area contributed by atoms with E-state index in [1.165, 1.54) is 0 Å². The summed E-state index contributed by atoms with van der Waals surface area (Å²) in [5.74, 6) is 0. The molecule has 1 radical (unpaired) electrons. The van der Waals surface area contributed by atoms with Crippen LogP contribution in [0.2, 0.25) is 0 Å². The molecule has 0 heterocycles. The second-order valence-electron chi connectivity index (χ2n) is 2.22. The number of rotatable bonds is 3. The molecule has 0 unspecified atom stereocenters. The Kier molecular flexibility index (Phi) is 2.55. The number of nitrogens with zero attached hydrogens (tertiary/aromatic N) is 2. The topological polar surface area (TPSA) is 34.7 Å². The molecule has 2 heteroatoms. The van der Waals surface area contributed by atoms with Crippen molar-refractivity contribution in [2.75, 3.05) is 0 Å². The Balaban J connectivity index is 3.01. The van der Waals surface area contributed by atoms with E-state index in [0.29, 0.717) is 5.69 Å². The van der Waals surface area contributed by atoms with E-state index >= 15 is 0 Å². The molecular formula is C9H9N2. The van der Waals surface area contributed by atoms with Crippen molar-refractivity contribution in [2.45, 2.75) is 6.42 Å². The third-order valence-electron chi connectivity index (χ3n) is 1.46. The lowest BCUT2D eigenvalue weighted by molar-refractivity contribution is 1.20. The molecule has 11 heavy (non-hydrogen) atoms. The van der Waals surface area contributed by atoms with Gasteiger partial charge in [-0.1, -0.05) is 24.3 Å². The largest absolute Gasteiger partial charge is 0.129 e. The molecule has 0 aliphatic heterocycles. The minimum Gasteiger partial charge on any atom is -0.129 e. The zero-order valence-corrected chi connectivity index (χ0v) is 6.20. The van der Waals surface area contributed by atoms with E-state index in [9.17, 15) is 0 Å². The van der Waals surface area contributed by atoms with Gasteiger partial charge in [0.15, 0.2) is 0 Å². The Labute approximate surface area is 66.1 Å². The van der Waals surface area contributed by atoms with Crippen LogP contribution in [0.5, 0.6) is 0 Å².